The van der Waals surface area contributed by atoms with Crippen molar-refractivity contribution in [1.29, 1.82) is 0 Å². The van der Waals surface area contributed by atoms with Crippen molar-refractivity contribution in [2.45, 2.75) is 98.3 Å². The monoisotopic (exact) mass is 698 g/mol. The Morgan fingerprint density at radius 1 is 0.434 bits per heavy atom. The lowest BCUT2D eigenvalue weighted by atomic mass is 9.78. The lowest BCUT2D eigenvalue weighted by Gasteiger charge is -2.30. The molecule has 2 nitrogen and oxygen atoms in total. The van der Waals surface area contributed by atoms with Gasteiger partial charge in [-0.2, -0.15) is 0 Å². The molecule has 6 aromatic rings. The molecule has 0 bridgehead atoms. The first-order valence-electron chi connectivity index (χ1n) is 19.7. The minimum absolute atomic E-state index is 0.116. The summed E-state index contributed by atoms with van der Waals surface area (Å²) in [4.78, 5) is 4.75. The second-order valence-corrected chi connectivity index (χ2v) is 15.8. The molecule has 0 unspecified atom stereocenters. The maximum absolute atomic E-state index is 2.39. The summed E-state index contributed by atoms with van der Waals surface area (Å²) in [7, 11) is 0. The summed E-state index contributed by atoms with van der Waals surface area (Å²) in [6, 6.07) is 54.1. The molecule has 0 spiro atoms. The van der Waals surface area contributed by atoms with Crippen LogP contribution in [-0.4, -0.2) is 0 Å². The number of benzene rings is 6. The Bertz CT molecular complexity index is 2050. The smallest absolute Gasteiger partial charge is 0.0464 e. The molecule has 6 aromatic carbocycles. The van der Waals surface area contributed by atoms with E-state index in [1.165, 1.54) is 64.0 Å². The van der Waals surface area contributed by atoms with Crippen LogP contribution in [0.4, 0.5) is 34.1 Å². The fourth-order valence-electron chi connectivity index (χ4n) is 7.39. The zero-order valence-electron chi connectivity index (χ0n) is 33.3. The Labute approximate surface area is 320 Å². The van der Waals surface area contributed by atoms with Crippen LogP contribution in [0, 0.1) is 13.8 Å². The minimum atomic E-state index is 0.116. The first-order valence-corrected chi connectivity index (χ1v) is 19.7. The number of hydrogen-bond donors (Lipinski definition) is 0. The van der Waals surface area contributed by atoms with Crippen LogP contribution in [0.25, 0.3) is 11.1 Å². The third kappa shape index (κ3) is 8.44. The van der Waals surface area contributed by atoms with Crippen LogP contribution in [0.1, 0.15) is 95.9 Å². The molecule has 0 aliphatic carbocycles. The predicted octanol–water partition coefficient (Wildman–Crippen LogP) is 15.5. The van der Waals surface area contributed by atoms with Crippen LogP contribution in [0.2, 0.25) is 0 Å². The third-order valence-corrected chi connectivity index (χ3v) is 11.6. The number of hydrogen-bond acceptors (Lipinski definition) is 2. The molecule has 0 radical (unpaired) electrons. The molecule has 0 saturated carbocycles. The van der Waals surface area contributed by atoms with Crippen molar-refractivity contribution in [3.05, 3.63) is 168 Å². The molecule has 0 amide bonds. The summed E-state index contributed by atoms with van der Waals surface area (Å²) >= 11 is 0. The molecule has 0 atom stereocenters. The van der Waals surface area contributed by atoms with Crippen LogP contribution in [0.5, 0.6) is 0 Å². The molecule has 0 saturated heterocycles. The number of unbranched alkanes of at least 4 members (excludes halogenated alkanes) is 1. The van der Waals surface area contributed by atoms with Gasteiger partial charge in [-0.25, -0.2) is 0 Å². The van der Waals surface area contributed by atoms with E-state index in [4.69, 9.17) is 0 Å². The highest BCUT2D eigenvalue weighted by Crippen LogP contribution is 2.41. The van der Waals surface area contributed by atoms with Gasteiger partial charge in [-0.05, 0) is 139 Å². The summed E-state index contributed by atoms with van der Waals surface area (Å²) in [5.41, 5.74) is 15.0. The van der Waals surface area contributed by atoms with E-state index in [1.807, 2.05) is 0 Å². The van der Waals surface area contributed by atoms with E-state index in [-0.39, 0.29) is 10.8 Å². The Morgan fingerprint density at radius 3 is 1.25 bits per heavy atom. The van der Waals surface area contributed by atoms with Crippen molar-refractivity contribution in [3.8, 4) is 11.1 Å². The molecule has 0 N–H and O–H groups in total. The van der Waals surface area contributed by atoms with Crippen LogP contribution in [0.15, 0.2) is 146 Å². The predicted molar refractivity (Wildman–Crippen MR) is 231 cm³/mol. The van der Waals surface area contributed by atoms with E-state index < -0.39 is 0 Å². The van der Waals surface area contributed by atoms with Gasteiger partial charge in [-0.3, -0.25) is 0 Å². The summed E-state index contributed by atoms with van der Waals surface area (Å²) in [5, 5.41) is 0. The standard InChI is InChI=1S/C51H58N2/c1-9-12-36-50(6,7)43-14-13-15-49(37-43)53(45-28-18-39(5)19-29-45)47-32-22-41(23-33-47)40-20-30-46(31-21-40)52(44-26-16-38(4)17-27-44)48-34-24-42(25-35-48)51(8,10-2)11-3/h13-35,37H,9-12,36H2,1-8H3. The van der Waals surface area contributed by atoms with Crippen LogP contribution in [0.3, 0.4) is 0 Å². The average Bonchev–Trinajstić information content (AvgIpc) is 3.19. The van der Waals surface area contributed by atoms with E-state index >= 15 is 0 Å². The molecule has 0 aliphatic rings. The fraction of sp³-hybridized carbons (Fsp3) is 0.294. The molecule has 0 heterocycles. The Balaban J connectivity index is 1.32. The first-order chi connectivity index (χ1) is 25.5. The second kappa shape index (κ2) is 16.3. The molecule has 272 valence electrons. The molecular formula is C51H58N2. The van der Waals surface area contributed by atoms with Gasteiger partial charge in [-0.15, -0.1) is 0 Å². The molecule has 2 heteroatoms. The highest BCUT2D eigenvalue weighted by Gasteiger charge is 2.24. The highest BCUT2D eigenvalue weighted by atomic mass is 15.1. The summed E-state index contributed by atoms with van der Waals surface area (Å²) in [5.74, 6) is 0. The SMILES string of the molecule is CCCCC(C)(C)c1cccc(N(c2ccc(C)cc2)c2ccc(-c3ccc(N(c4ccc(C)cc4)c4ccc(C(C)(CC)CC)cc4)cc3)cc2)c1. The maximum Gasteiger partial charge on any atom is 0.0464 e. The van der Waals surface area contributed by atoms with Gasteiger partial charge in [0.1, 0.15) is 0 Å². The molecule has 0 aromatic heterocycles. The third-order valence-electron chi connectivity index (χ3n) is 11.6. The molecule has 0 aliphatic heterocycles. The normalized spacial score (nSPS) is 11.8. The van der Waals surface area contributed by atoms with E-state index in [1.54, 1.807) is 0 Å². The van der Waals surface area contributed by atoms with Gasteiger partial charge < -0.3 is 9.80 Å². The van der Waals surface area contributed by atoms with Crippen molar-refractivity contribution in [2.75, 3.05) is 9.80 Å². The van der Waals surface area contributed by atoms with Crippen molar-refractivity contribution < 1.29 is 0 Å². The van der Waals surface area contributed by atoms with Gasteiger partial charge in [0.25, 0.3) is 0 Å². The number of anilines is 6. The van der Waals surface area contributed by atoms with Crippen molar-refractivity contribution >= 4 is 34.1 Å². The van der Waals surface area contributed by atoms with E-state index in [9.17, 15) is 0 Å². The molecule has 0 fully saturated rings. The van der Waals surface area contributed by atoms with E-state index in [2.05, 4.69) is 211 Å². The minimum Gasteiger partial charge on any atom is -0.311 e. The fourth-order valence-corrected chi connectivity index (χ4v) is 7.39. The van der Waals surface area contributed by atoms with E-state index in [0.29, 0.717) is 0 Å². The Kier molecular flexibility index (Phi) is 11.6. The van der Waals surface area contributed by atoms with Gasteiger partial charge in [-0.1, -0.05) is 138 Å². The zero-order chi connectivity index (χ0) is 37.6. The first kappa shape index (κ1) is 37.7. The van der Waals surface area contributed by atoms with Gasteiger partial charge in [0.15, 0.2) is 0 Å². The van der Waals surface area contributed by atoms with Crippen LogP contribution >= 0.6 is 0 Å². The summed E-state index contributed by atoms with van der Waals surface area (Å²) in [6.07, 6.45) is 5.88. The van der Waals surface area contributed by atoms with Gasteiger partial charge in [0, 0.05) is 34.1 Å². The lowest BCUT2D eigenvalue weighted by molar-refractivity contribution is 0.439. The Morgan fingerprint density at radius 2 is 0.830 bits per heavy atom. The van der Waals surface area contributed by atoms with Crippen LogP contribution < -0.4 is 9.80 Å². The maximum atomic E-state index is 2.39. The number of nitrogens with zero attached hydrogens (tertiary/aromatic N) is 2. The quantitative estimate of drug-likeness (QED) is 0.112. The number of rotatable bonds is 14. The average molecular weight is 699 g/mol. The van der Waals surface area contributed by atoms with Crippen molar-refractivity contribution in [1.82, 2.24) is 0 Å². The topological polar surface area (TPSA) is 6.48 Å². The second-order valence-electron chi connectivity index (χ2n) is 15.8. The molecular weight excluding hydrogens is 641 g/mol. The van der Waals surface area contributed by atoms with Crippen molar-refractivity contribution in [2.24, 2.45) is 0 Å². The summed E-state index contributed by atoms with van der Waals surface area (Å²) < 4.78 is 0. The Hall–Kier alpha value is -5.08. The van der Waals surface area contributed by atoms with Gasteiger partial charge >= 0.3 is 0 Å². The number of aryl methyl sites for hydroxylation is 2. The largest absolute Gasteiger partial charge is 0.311 e. The highest BCUT2D eigenvalue weighted by molar-refractivity contribution is 5.81. The molecule has 53 heavy (non-hydrogen) atoms. The van der Waals surface area contributed by atoms with Gasteiger partial charge in [0.05, 0.1) is 0 Å². The lowest BCUT2D eigenvalue weighted by Crippen LogP contribution is -2.19. The zero-order valence-corrected chi connectivity index (χ0v) is 33.3. The van der Waals surface area contributed by atoms with E-state index in [0.717, 1.165) is 35.6 Å². The molecule has 6 rings (SSSR count). The summed E-state index contributed by atoms with van der Waals surface area (Å²) in [6.45, 7) is 18.3. The van der Waals surface area contributed by atoms with Crippen LogP contribution in [-0.2, 0) is 10.8 Å². The van der Waals surface area contributed by atoms with Gasteiger partial charge in [0.2, 0.25) is 0 Å². The van der Waals surface area contributed by atoms with Crippen molar-refractivity contribution in [3.63, 3.8) is 0 Å².